The molecule has 2 N–H and O–H groups in total. The summed E-state index contributed by atoms with van der Waals surface area (Å²) in [5.41, 5.74) is -0.916. The van der Waals surface area contributed by atoms with E-state index in [2.05, 4.69) is 44.7 Å². The number of carbonyl (C=O) groups is 2. The van der Waals surface area contributed by atoms with Crippen molar-refractivity contribution >= 4 is 29.0 Å². The molecule has 1 heterocycles. The van der Waals surface area contributed by atoms with Crippen LogP contribution >= 0.6 is 0 Å². The lowest BCUT2D eigenvalue weighted by Gasteiger charge is -2.64. The molecular formula is C25H45BN2O7S. The quantitative estimate of drug-likeness (QED) is 0.331. The molecular weight excluding hydrogens is 483 g/mol. The molecule has 1 amide bonds. The smallest absolute Gasteiger partial charge is 0.460 e. The maximum atomic E-state index is 13.4. The van der Waals surface area contributed by atoms with Crippen LogP contribution in [0.5, 0.6) is 0 Å². The van der Waals surface area contributed by atoms with E-state index in [4.69, 9.17) is 14.0 Å². The van der Waals surface area contributed by atoms with Crippen LogP contribution in [0.2, 0.25) is 0 Å². The van der Waals surface area contributed by atoms with Crippen LogP contribution in [0.1, 0.15) is 81.1 Å². The standard InChI is InChI=1S/C25H45BN2O7S/c1-15(2)10-20(26-34-19-13-17-12-18(24(17,6)7)25(19,8)35-26)28-22(30)16(14-27-36(9,31)32)11-21(29)33-23(3,4)5/h15-20,27H,10-14H2,1-9H3,(H,28,30)/t16-,17+,18+,19+,20-,25-/m0/s1. The number of sulfonamides is 1. The summed E-state index contributed by atoms with van der Waals surface area (Å²) in [7, 11) is -4.16. The minimum absolute atomic E-state index is 0.0182. The summed E-state index contributed by atoms with van der Waals surface area (Å²) in [6.07, 6.45) is 3.45. The molecule has 0 spiro atoms. The first-order chi connectivity index (χ1) is 16.3. The Morgan fingerprint density at radius 2 is 1.81 bits per heavy atom. The van der Waals surface area contributed by atoms with Crippen LogP contribution in [-0.2, 0) is 33.7 Å². The molecule has 4 aliphatic rings. The van der Waals surface area contributed by atoms with Gasteiger partial charge in [0, 0.05) is 6.54 Å². The number of esters is 1. The van der Waals surface area contributed by atoms with E-state index >= 15 is 0 Å². The zero-order chi connectivity index (χ0) is 27.3. The van der Waals surface area contributed by atoms with Crippen molar-refractivity contribution < 1.29 is 32.1 Å². The fraction of sp³-hybridized carbons (Fsp3) is 0.920. The molecule has 1 saturated heterocycles. The van der Waals surface area contributed by atoms with E-state index in [0.29, 0.717) is 18.3 Å². The van der Waals surface area contributed by atoms with Gasteiger partial charge in [0.25, 0.3) is 0 Å². The zero-order valence-corrected chi connectivity index (χ0v) is 24.2. The molecule has 2 bridgehead atoms. The molecule has 3 aliphatic carbocycles. The molecule has 206 valence electrons. The molecule has 0 unspecified atom stereocenters. The monoisotopic (exact) mass is 528 g/mol. The second kappa shape index (κ2) is 10.2. The summed E-state index contributed by atoms with van der Waals surface area (Å²) >= 11 is 0. The maximum absolute atomic E-state index is 13.4. The van der Waals surface area contributed by atoms with Crippen LogP contribution in [0.4, 0.5) is 0 Å². The van der Waals surface area contributed by atoms with Gasteiger partial charge in [-0.3, -0.25) is 9.59 Å². The molecule has 0 aromatic rings. The Hall–Kier alpha value is -1.17. The Morgan fingerprint density at radius 3 is 2.33 bits per heavy atom. The van der Waals surface area contributed by atoms with Crippen molar-refractivity contribution in [3.63, 3.8) is 0 Å². The maximum Gasteiger partial charge on any atom is 0.481 e. The molecule has 3 saturated carbocycles. The molecule has 11 heteroatoms. The third-order valence-electron chi connectivity index (χ3n) is 8.15. The van der Waals surface area contributed by atoms with Crippen molar-refractivity contribution in [2.45, 2.75) is 104 Å². The highest BCUT2D eigenvalue weighted by Gasteiger charge is 2.68. The Kier molecular flexibility index (Phi) is 8.32. The molecule has 36 heavy (non-hydrogen) atoms. The second-order valence-electron chi connectivity index (χ2n) is 13.2. The first-order valence-corrected chi connectivity index (χ1v) is 15.0. The van der Waals surface area contributed by atoms with E-state index in [0.717, 1.165) is 19.1 Å². The van der Waals surface area contributed by atoms with Crippen molar-refractivity contribution in [2.75, 3.05) is 12.8 Å². The van der Waals surface area contributed by atoms with Gasteiger partial charge in [-0.05, 0) is 70.1 Å². The van der Waals surface area contributed by atoms with E-state index in [1.54, 1.807) is 20.8 Å². The minimum Gasteiger partial charge on any atom is -0.460 e. The second-order valence-corrected chi connectivity index (χ2v) is 15.0. The average Bonchev–Trinajstić information content (AvgIpc) is 3.05. The van der Waals surface area contributed by atoms with Crippen molar-refractivity contribution in [1.82, 2.24) is 10.0 Å². The Morgan fingerprint density at radius 1 is 1.17 bits per heavy atom. The minimum atomic E-state index is -3.55. The Labute approximate surface area is 217 Å². The lowest BCUT2D eigenvalue weighted by molar-refractivity contribution is -0.199. The van der Waals surface area contributed by atoms with Crippen molar-refractivity contribution in [3.05, 3.63) is 0 Å². The van der Waals surface area contributed by atoms with Gasteiger partial charge in [0.2, 0.25) is 15.9 Å². The van der Waals surface area contributed by atoms with Gasteiger partial charge in [0.1, 0.15) is 5.60 Å². The van der Waals surface area contributed by atoms with Gasteiger partial charge in [-0.15, -0.1) is 0 Å². The highest BCUT2D eigenvalue weighted by atomic mass is 32.2. The SMILES string of the molecule is CC(C)C[C@H](NC(=O)[C@H](CNS(C)(=O)=O)CC(=O)OC(C)(C)C)B1O[C@@H]2C[C@H]3C[C@H](C3(C)C)[C@]2(C)O1. The fourth-order valence-electron chi connectivity index (χ4n) is 6.21. The van der Waals surface area contributed by atoms with E-state index in [-0.39, 0.29) is 30.4 Å². The molecule has 4 fully saturated rings. The summed E-state index contributed by atoms with van der Waals surface area (Å²) < 4.78 is 44.2. The number of carbonyl (C=O) groups excluding carboxylic acids is 2. The van der Waals surface area contributed by atoms with Crippen LogP contribution in [0.3, 0.4) is 0 Å². The van der Waals surface area contributed by atoms with Gasteiger partial charge in [0.05, 0.1) is 36.2 Å². The van der Waals surface area contributed by atoms with Gasteiger partial charge in [-0.2, -0.15) is 0 Å². The molecule has 0 aromatic heterocycles. The molecule has 1 aliphatic heterocycles. The van der Waals surface area contributed by atoms with Crippen LogP contribution < -0.4 is 10.0 Å². The largest absolute Gasteiger partial charge is 0.481 e. The third-order valence-corrected chi connectivity index (χ3v) is 8.84. The zero-order valence-electron chi connectivity index (χ0n) is 23.3. The Balaban J connectivity index is 1.75. The van der Waals surface area contributed by atoms with Gasteiger partial charge < -0.3 is 19.4 Å². The predicted molar refractivity (Wildman–Crippen MR) is 138 cm³/mol. The van der Waals surface area contributed by atoms with E-state index in [9.17, 15) is 18.0 Å². The highest BCUT2D eigenvalue weighted by molar-refractivity contribution is 7.88. The van der Waals surface area contributed by atoms with Gasteiger partial charge in [0.15, 0.2) is 0 Å². The Bertz CT molecular complexity index is 949. The lowest BCUT2D eigenvalue weighted by Crippen LogP contribution is -2.65. The van der Waals surface area contributed by atoms with E-state index < -0.39 is 52.1 Å². The van der Waals surface area contributed by atoms with E-state index in [1.165, 1.54) is 0 Å². The van der Waals surface area contributed by atoms with Crippen LogP contribution in [0.15, 0.2) is 0 Å². The van der Waals surface area contributed by atoms with Crippen LogP contribution in [0, 0.1) is 29.1 Å². The topological polar surface area (TPSA) is 120 Å². The number of rotatable bonds is 10. The summed E-state index contributed by atoms with van der Waals surface area (Å²) in [6.45, 7) is 15.9. The summed E-state index contributed by atoms with van der Waals surface area (Å²) in [6, 6.07) is 0. The fourth-order valence-corrected chi connectivity index (χ4v) is 6.72. The number of hydrogen-bond donors (Lipinski definition) is 2. The number of amides is 1. The summed E-state index contributed by atoms with van der Waals surface area (Å²) in [5, 5.41) is 3.04. The highest BCUT2D eigenvalue weighted by Crippen LogP contribution is 2.65. The molecule has 4 rings (SSSR count). The average molecular weight is 529 g/mol. The number of hydrogen-bond acceptors (Lipinski definition) is 7. The molecule has 0 radical (unpaired) electrons. The van der Waals surface area contributed by atoms with E-state index in [1.807, 2.05) is 0 Å². The summed E-state index contributed by atoms with van der Waals surface area (Å²) in [4.78, 5) is 25.9. The lowest BCUT2D eigenvalue weighted by atomic mass is 9.43. The molecule has 0 aromatic carbocycles. The normalized spacial score (nSPS) is 30.8. The molecule has 9 nitrogen and oxygen atoms in total. The van der Waals surface area contributed by atoms with Gasteiger partial charge in [-0.25, -0.2) is 13.1 Å². The first-order valence-electron chi connectivity index (χ1n) is 13.1. The number of ether oxygens (including phenoxy) is 1. The number of nitrogens with one attached hydrogen (secondary N) is 2. The first kappa shape index (κ1) is 29.4. The van der Waals surface area contributed by atoms with Crippen LogP contribution in [0.25, 0.3) is 0 Å². The van der Waals surface area contributed by atoms with Crippen molar-refractivity contribution in [1.29, 1.82) is 0 Å². The van der Waals surface area contributed by atoms with Crippen molar-refractivity contribution in [3.8, 4) is 0 Å². The van der Waals surface area contributed by atoms with Gasteiger partial charge >= 0.3 is 13.1 Å². The third kappa shape index (κ3) is 6.63. The molecule has 6 atom stereocenters. The van der Waals surface area contributed by atoms with Crippen molar-refractivity contribution in [2.24, 2.45) is 29.1 Å². The summed E-state index contributed by atoms with van der Waals surface area (Å²) in [5.74, 6) is -1.10. The van der Waals surface area contributed by atoms with Gasteiger partial charge in [-0.1, -0.05) is 27.7 Å². The predicted octanol–water partition coefficient (Wildman–Crippen LogP) is 2.68. The van der Waals surface area contributed by atoms with Crippen LogP contribution in [-0.4, -0.2) is 63.5 Å².